The van der Waals surface area contributed by atoms with Crippen LogP contribution < -0.4 is 10.5 Å². The summed E-state index contributed by atoms with van der Waals surface area (Å²) in [5.41, 5.74) is 1.21. The van der Waals surface area contributed by atoms with E-state index >= 15 is 0 Å². The van der Waals surface area contributed by atoms with Gasteiger partial charge < -0.3 is 9.43 Å². The molecule has 0 bridgehead atoms. The van der Waals surface area contributed by atoms with Crippen LogP contribution in [0.5, 0.6) is 0 Å². The fourth-order valence-electron chi connectivity index (χ4n) is 3.22. The van der Waals surface area contributed by atoms with Crippen LogP contribution in [0.4, 0.5) is 0 Å². The Balaban J connectivity index is 2.46. The van der Waals surface area contributed by atoms with Gasteiger partial charge in [-0.3, -0.25) is 4.79 Å². The van der Waals surface area contributed by atoms with E-state index < -0.39 is 16.6 Å². The fourth-order valence-corrected chi connectivity index (χ4v) is 11.7. The molecule has 1 amide bonds. The molecule has 0 saturated carbocycles. The van der Waals surface area contributed by atoms with Crippen LogP contribution in [0.2, 0.25) is 26.2 Å². The van der Waals surface area contributed by atoms with Crippen molar-refractivity contribution in [2.75, 3.05) is 0 Å². The number of hydrogen-bond donors (Lipinski definition) is 1. The number of nitrogens with one attached hydrogen (secondary N) is 1. The summed E-state index contributed by atoms with van der Waals surface area (Å²) in [4.78, 5) is 12.0. The van der Waals surface area contributed by atoms with Gasteiger partial charge in [-0.2, -0.15) is 0 Å². The molecular weight excluding hydrogens is 342 g/mol. The van der Waals surface area contributed by atoms with Crippen LogP contribution in [0.3, 0.4) is 0 Å². The lowest BCUT2D eigenvalue weighted by molar-refractivity contribution is -0.119. The zero-order chi connectivity index (χ0) is 18.5. The highest BCUT2D eigenvalue weighted by Gasteiger charge is 2.44. The van der Waals surface area contributed by atoms with Gasteiger partial charge in [-0.05, 0) is 43.4 Å². The first-order valence-electron chi connectivity index (χ1n) is 8.77. The molecule has 0 aliphatic carbocycles. The van der Waals surface area contributed by atoms with Crippen LogP contribution in [0.15, 0.2) is 60.7 Å². The number of benzene rings is 2. The van der Waals surface area contributed by atoms with E-state index in [1.165, 1.54) is 10.8 Å². The van der Waals surface area contributed by atoms with E-state index in [1.54, 1.807) is 6.92 Å². The monoisotopic (exact) mass is 371 g/mol. The third-order valence-electron chi connectivity index (χ3n) is 4.19. The van der Waals surface area contributed by atoms with E-state index in [2.05, 4.69) is 67.9 Å². The fraction of sp³-hybridized carbons (Fsp3) is 0.350. The maximum Gasteiger partial charge on any atom is 0.232 e. The van der Waals surface area contributed by atoms with Crippen LogP contribution in [0, 0.1) is 0 Å². The lowest BCUT2D eigenvalue weighted by atomic mass is 10.1. The highest BCUT2D eigenvalue weighted by atomic mass is 28.4. The normalized spacial score (nSPS) is 15.2. The largest absolute Gasteiger partial charge is 0.451 e. The Kier molecular flexibility index (Phi) is 6.38. The van der Waals surface area contributed by atoms with Crippen molar-refractivity contribution in [1.29, 1.82) is 0 Å². The molecule has 134 valence electrons. The molecule has 2 aromatic rings. The average Bonchev–Trinajstić information content (AvgIpc) is 2.54. The molecule has 0 spiro atoms. The van der Waals surface area contributed by atoms with Crippen molar-refractivity contribution in [3.8, 4) is 0 Å². The molecule has 2 unspecified atom stereocenters. The van der Waals surface area contributed by atoms with E-state index in [0.29, 0.717) is 0 Å². The van der Waals surface area contributed by atoms with Gasteiger partial charge >= 0.3 is 0 Å². The Bertz CT molecular complexity index is 686. The third kappa shape index (κ3) is 5.66. The second-order valence-electron chi connectivity index (χ2n) is 7.63. The van der Waals surface area contributed by atoms with Gasteiger partial charge in [-0.25, -0.2) is 0 Å². The first-order chi connectivity index (χ1) is 11.7. The zero-order valence-corrected chi connectivity index (χ0v) is 17.9. The van der Waals surface area contributed by atoms with Crippen LogP contribution in [-0.4, -0.2) is 28.2 Å². The summed E-state index contributed by atoms with van der Waals surface area (Å²) in [5.74, 6) is -0.00485. The minimum atomic E-state index is -2.41. The van der Waals surface area contributed by atoms with Crippen molar-refractivity contribution in [1.82, 2.24) is 5.32 Å². The van der Waals surface area contributed by atoms with E-state index in [4.69, 9.17) is 4.12 Å². The minimum absolute atomic E-state index is 0.00485. The van der Waals surface area contributed by atoms with Crippen LogP contribution in [0.25, 0.3) is 0 Å². The molecule has 0 aliphatic rings. The predicted octanol–water partition coefficient (Wildman–Crippen LogP) is 3.61. The summed E-state index contributed by atoms with van der Waals surface area (Å²) in [6.07, 6.45) is 0.780. The van der Waals surface area contributed by atoms with Crippen molar-refractivity contribution in [2.24, 2.45) is 0 Å². The highest BCUT2D eigenvalue weighted by molar-refractivity contribution is 6.93. The molecule has 0 fully saturated rings. The van der Waals surface area contributed by atoms with E-state index in [9.17, 15) is 4.79 Å². The van der Waals surface area contributed by atoms with Gasteiger partial charge in [0.2, 0.25) is 14.2 Å². The standard InChI is InChI=1S/C20H29NO2Si2/c1-17(22)21-20(16-18-12-8-6-9-13-18)25(5,23-24(2,3)4)19-14-10-7-11-15-19/h6-15,20H,16H2,1-5H3,(H,21,22). The van der Waals surface area contributed by atoms with E-state index in [1.807, 2.05) is 24.3 Å². The lowest BCUT2D eigenvalue weighted by Crippen LogP contribution is -2.67. The molecule has 0 aromatic heterocycles. The van der Waals surface area contributed by atoms with Gasteiger partial charge in [0.05, 0.1) is 5.67 Å². The van der Waals surface area contributed by atoms with E-state index in [-0.39, 0.29) is 11.6 Å². The number of hydrogen-bond acceptors (Lipinski definition) is 2. The van der Waals surface area contributed by atoms with Gasteiger partial charge in [0, 0.05) is 6.92 Å². The quantitative estimate of drug-likeness (QED) is 0.755. The summed E-state index contributed by atoms with van der Waals surface area (Å²) in [6.45, 7) is 10.5. The SMILES string of the molecule is CC(=O)NC(Cc1ccccc1)[Si](C)(O[Si](C)(C)C)c1ccccc1. The van der Waals surface area contributed by atoms with Crippen LogP contribution in [-0.2, 0) is 15.3 Å². The number of amides is 1. The highest BCUT2D eigenvalue weighted by Crippen LogP contribution is 2.21. The van der Waals surface area contributed by atoms with Crippen molar-refractivity contribution in [3.63, 3.8) is 0 Å². The molecule has 2 atom stereocenters. The Morgan fingerprint density at radius 3 is 1.96 bits per heavy atom. The third-order valence-corrected chi connectivity index (χ3v) is 11.5. The van der Waals surface area contributed by atoms with Crippen LogP contribution in [0.1, 0.15) is 12.5 Å². The lowest BCUT2D eigenvalue weighted by Gasteiger charge is -2.41. The summed E-state index contributed by atoms with van der Waals surface area (Å²) in [5, 5.41) is 4.44. The van der Waals surface area contributed by atoms with Gasteiger partial charge in [0.25, 0.3) is 0 Å². The molecule has 0 heterocycles. The molecular formula is C20H29NO2Si2. The average molecular weight is 372 g/mol. The molecule has 0 saturated heterocycles. The predicted molar refractivity (Wildman–Crippen MR) is 110 cm³/mol. The Labute approximate surface area is 153 Å². The first-order valence-corrected chi connectivity index (χ1v) is 14.7. The number of rotatable bonds is 7. The molecule has 3 nitrogen and oxygen atoms in total. The molecule has 0 radical (unpaired) electrons. The molecule has 25 heavy (non-hydrogen) atoms. The second kappa shape index (κ2) is 8.12. The summed E-state index contributed by atoms with van der Waals surface area (Å²) in [7, 11) is -4.20. The summed E-state index contributed by atoms with van der Waals surface area (Å²) < 4.78 is 6.81. The molecule has 2 aromatic carbocycles. The van der Waals surface area contributed by atoms with Gasteiger partial charge in [0.15, 0.2) is 8.32 Å². The Morgan fingerprint density at radius 2 is 1.48 bits per heavy atom. The smallest absolute Gasteiger partial charge is 0.232 e. The maximum absolute atomic E-state index is 12.0. The minimum Gasteiger partial charge on any atom is -0.451 e. The number of carbonyl (C=O) groups is 1. The maximum atomic E-state index is 12.0. The topological polar surface area (TPSA) is 38.3 Å². The van der Waals surface area contributed by atoms with E-state index in [0.717, 1.165) is 6.42 Å². The molecule has 0 aliphatic heterocycles. The molecule has 1 N–H and O–H groups in total. The second-order valence-corrected chi connectivity index (χ2v) is 16.2. The van der Waals surface area contributed by atoms with Crippen molar-refractivity contribution < 1.29 is 8.91 Å². The first kappa shape index (κ1) is 19.6. The van der Waals surface area contributed by atoms with Crippen molar-refractivity contribution >= 4 is 27.7 Å². The van der Waals surface area contributed by atoms with Gasteiger partial charge in [-0.1, -0.05) is 60.7 Å². The van der Waals surface area contributed by atoms with Crippen LogP contribution >= 0.6 is 0 Å². The van der Waals surface area contributed by atoms with Gasteiger partial charge in [0.1, 0.15) is 0 Å². The molecule has 5 heteroatoms. The van der Waals surface area contributed by atoms with Crippen molar-refractivity contribution in [3.05, 3.63) is 66.2 Å². The Hall–Kier alpha value is -1.70. The molecule has 2 rings (SSSR count). The summed E-state index contributed by atoms with van der Waals surface area (Å²) >= 11 is 0. The number of carbonyl (C=O) groups excluding carboxylic acids is 1. The summed E-state index contributed by atoms with van der Waals surface area (Å²) in [6, 6.07) is 20.8. The zero-order valence-electron chi connectivity index (χ0n) is 15.9. The van der Waals surface area contributed by atoms with Gasteiger partial charge in [-0.15, -0.1) is 0 Å². The van der Waals surface area contributed by atoms with Crippen molar-refractivity contribution in [2.45, 2.75) is 45.2 Å². The Morgan fingerprint density at radius 1 is 0.960 bits per heavy atom.